The van der Waals surface area contributed by atoms with Gasteiger partial charge in [-0.3, -0.25) is 4.79 Å². The monoisotopic (exact) mass is 828 g/mol. The Morgan fingerprint density at radius 1 is 0.339 bits per heavy atom. The second-order valence-corrected chi connectivity index (χ2v) is 15.2. The molecule has 6 aromatic carbocycles. The first-order valence-electron chi connectivity index (χ1n) is 22.3. The molecule has 0 atom stereocenters. The van der Waals surface area contributed by atoms with E-state index in [1.165, 1.54) is 0 Å². The maximum Gasteiger partial charge on any atom is 0.193 e. The molecule has 0 saturated heterocycles. The van der Waals surface area contributed by atoms with Crippen LogP contribution in [0.2, 0.25) is 0 Å². The Labute approximate surface area is 368 Å². The van der Waals surface area contributed by atoms with Gasteiger partial charge < -0.3 is 18.9 Å². The summed E-state index contributed by atoms with van der Waals surface area (Å²) >= 11 is 0. The van der Waals surface area contributed by atoms with Crippen molar-refractivity contribution in [3.05, 3.63) is 179 Å². The largest absolute Gasteiger partial charge is 0.494 e. The molecule has 0 fully saturated rings. The number of benzene rings is 6. The van der Waals surface area contributed by atoms with E-state index in [1.54, 1.807) is 0 Å². The molecular weight excluding hydrogens is 769 g/mol. The minimum Gasteiger partial charge on any atom is -0.494 e. The van der Waals surface area contributed by atoms with Gasteiger partial charge in [0.2, 0.25) is 0 Å². The summed E-state index contributed by atoms with van der Waals surface area (Å²) in [5.74, 6) is 3.26. The van der Waals surface area contributed by atoms with Gasteiger partial charge in [0.1, 0.15) is 23.0 Å². The third-order valence-corrected chi connectivity index (χ3v) is 10.3. The zero-order chi connectivity index (χ0) is 43.4. The van der Waals surface area contributed by atoms with Crippen molar-refractivity contribution in [2.45, 2.75) is 79.1 Å². The predicted octanol–water partition coefficient (Wildman–Crippen LogP) is 14.0. The van der Waals surface area contributed by atoms with Crippen LogP contribution in [-0.2, 0) is 0 Å². The number of carbonyl (C=O) groups excluding carboxylic acids is 1. The van der Waals surface area contributed by atoms with Gasteiger partial charge in [-0.05, 0) is 171 Å². The summed E-state index contributed by atoms with van der Waals surface area (Å²) < 4.78 is 23.7. The highest BCUT2D eigenvalue weighted by molar-refractivity contribution is 6.15. The zero-order valence-corrected chi connectivity index (χ0v) is 36.8. The van der Waals surface area contributed by atoms with E-state index < -0.39 is 0 Å². The summed E-state index contributed by atoms with van der Waals surface area (Å²) in [6.45, 7) is 11.4. The Morgan fingerprint density at radius 3 is 0.790 bits per heavy atom. The lowest BCUT2D eigenvalue weighted by Crippen LogP contribution is -2.05. The smallest absolute Gasteiger partial charge is 0.193 e. The van der Waals surface area contributed by atoms with Crippen molar-refractivity contribution in [3.8, 4) is 23.0 Å². The average Bonchev–Trinajstić information content (AvgIpc) is 3.32. The number of hydrogen-bond acceptors (Lipinski definition) is 7. The fourth-order valence-corrected chi connectivity index (χ4v) is 6.56. The van der Waals surface area contributed by atoms with Crippen LogP contribution in [0.15, 0.2) is 156 Å². The summed E-state index contributed by atoms with van der Waals surface area (Å²) in [7, 11) is 0. The molecular formula is C55H60N2O5. The summed E-state index contributed by atoms with van der Waals surface area (Å²) in [4.78, 5) is 24.0. The van der Waals surface area contributed by atoms with E-state index in [9.17, 15) is 4.79 Å². The number of hydrogen-bond donors (Lipinski definition) is 0. The molecule has 0 spiro atoms. The Hall–Kier alpha value is -6.47. The van der Waals surface area contributed by atoms with Crippen LogP contribution >= 0.6 is 0 Å². The minimum atomic E-state index is -0.0776. The van der Waals surface area contributed by atoms with E-state index in [1.807, 2.05) is 146 Å². The van der Waals surface area contributed by atoms with Crippen molar-refractivity contribution in [1.82, 2.24) is 0 Å². The molecule has 7 heteroatoms. The number of ketones is 1. The first kappa shape index (κ1) is 45.1. The molecule has 7 nitrogen and oxygen atoms in total. The van der Waals surface area contributed by atoms with Gasteiger partial charge in [0.05, 0.1) is 49.2 Å². The maximum atomic E-state index is 13.8. The minimum absolute atomic E-state index is 0.0776. The molecule has 0 amide bonds. The van der Waals surface area contributed by atoms with Crippen LogP contribution in [0.4, 0.5) is 11.4 Å². The predicted molar refractivity (Wildman–Crippen MR) is 254 cm³/mol. The van der Waals surface area contributed by atoms with Gasteiger partial charge in [0.15, 0.2) is 5.78 Å². The van der Waals surface area contributed by atoms with Gasteiger partial charge in [0.25, 0.3) is 0 Å². The van der Waals surface area contributed by atoms with Gasteiger partial charge in [-0.25, -0.2) is 9.98 Å². The summed E-state index contributed by atoms with van der Waals surface area (Å²) in [5.41, 5.74) is 8.09. The standard InChI is InChI=1S/C55H60N2O5/c1-5-9-37-59-49-29-17-41(18-30-49)53(42-19-31-50(32-20-42)60-38-10-6-2)56-47-25-13-45(14-26-47)55(58)46-15-27-48(28-16-46)57-54(43-21-33-51(34-22-43)61-39-11-7-3)44-23-35-52(36-24-44)62-40-12-8-4/h13-36H,5-12,37-40H2,1-4H3. The molecule has 0 aliphatic heterocycles. The molecule has 6 aromatic rings. The summed E-state index contributed by atoms with van der Waals surface area (Å²) in [6.07, 6.45) is 8.37. The molecule has 0 N–H and O–H groups in total. The first-order valence-corrected chi connectivity index (χ1v) is 22.3. The Morgan fingerprint density at radius 2 is 0.565 bits per heavy atom. The molecule has 62 heavy (non-hydrogen) atoms. The Bertz CT molecular complexity index is 2040. The SMILES string of the molecule is CCCCOc1ccc(C(=Nc2ccc(C(=O)c3ccc(N=C(c4ccc(OCCCC)cc4)c4ccc(OCCCC)cc4)cc3)cc2)c2ccc(OCCCC)cc2)cc1. The molecule has 0 aliphatic carbocycles. The molecule has 0 aliphatic rings. The van der Waals surface area contributed by atoms with Crippen molar-refractivity contribution in [2.75, 3.05) is 26.4 Å². The van der Waals surface area contributed by atoms with Crippen molar-refractivity contribution in [1.29, 1.82) is 0 Å². The highest BCUT2D eigenvalue weighted by Crippen LogP contribution is 2.26. The van der Waals surface area contributed by atoms with Crippen LogP contribution in [-0.4, -0.2) is 43.6 Å². The highest BCUT2D eigenvalue weighted by Gasteiger charge is 2.14. The topological polar surface area (TPSA) is 78.7 Å². The lowest BCUT2D eigenvalue weighted by molar-refractivity contribution is 0.103. The molecule has 0 aromatic heterocycles. The number of aliphatic imine (C=N–C) groups is 2. The van der Waals surface area contributed by atoms with Gasteiger partial charge in [-0.1, -0.05) is 53.4 Å². The molecule has 6 rings (SSSR count). The van der Waals surface area contributed by atoms with Crippen molar-refractivity contribution in [2.24, 2.45) is 9.98 Å². The fourth-order valence-electron chi connectivity index (χ4n) is 6.56. The van der Waals surface area contributed by atoms with Gasteiger partial charge >= 0.3 is 0 Å². The second-order valence-electron chi connectivity index (χ2n) is 15.2. The first-order chi connectivity index (χ1) is 30.5. The van der Waals surface area contributed by atoms with E-state index in [0.29, 0.717) is 37.6 Å². The number of rotatable bonds is 24. The summed E-state index contributed by atoms with van der Waals surface area (Å²) in [5, 5.41) is 0. The molecule has 0 saturated carbocycles. The van der Waals surface area contributed by atoms with E-state index in [0.717, 1.165) is 119 Å². The molecule has 320 valence electrons. The zero-order valence-electron chi connectivity index (χ0n) is 36.8. The van der Waals surface area contributed by atoms with Crippen LogP contribution in [0.25, 0.3) is 0 Å². The molecule has 0 heterocycles. The van der Waals surface area contributed by atoms with Crippen LogP contribution in [0.1, 0.15) is 117 Å². The average molecular weight is 829 g/mol. The third kappa shape index (κ3) is 13.3. The lowest BCUT2D eigenvalue weighted by Gasteiger charge is -2.12. The lowest BCUT2D eigenvalue weighted by atomic mass is 10.0. The van der Waals surface area contributed by atoms with E-state index in [-0.39, 0.29) is 5.78 Å². The third-order valence-electron chi connectivity index (χ3n) is 10.3. The number of nitrogens with zero attached hydrogens (tertiary/aromatic N) is 2. The van der Waals surface area contributed by atoms with Gasteiger partial charge in [0, 0.05) is 33.4 Å². The van der Waals surface area contributed by atoms with E-state index in [4.69, 9.17) is 28.9 Å². The highest BCUT2D eigenvalue weighted by atomic mass is 16.5. The fraction of sp³-hybridized carbons (Fsp3) is 0.291. The van der Waals surface area contributed by atoms with Crippen molar-refractivity contribution in [3.63, 3.8) is 0 Å². The second kappa shape index (κ2) is 24.1. The summed E-state index contributed by atoms with van der Waals surface area (Å²) in [6, 6.07) is 47.2. The van der Waals surface area contributed by atoms with Crippen molar-refractivity contribution >= 4 is 28.6 Å². The maximum absolute atomic E-state index is 13.8. The Balaban J connectivity index is 1.22. The van der Waals surface area contributed by atoms with Crippen LogP contribution < -0.4 is 18.9 Å². The normalized spacial score (nSPS) is 10.8. The quantitative estimate of drug-likeness (QED) is 0.0345. The van der Waals surface area contributed by atoms with Crippen LogP contribution in [0.3, 0.4) is 0 Å². The molecule has 0 bridgehead atoms. The number of ether oxygens (including phenoxy) is 4. The van der Waals surface area contributed by atoms with Gasteiger partial charge in [-0.2, -0.15) is 0 Å². The van der Waals surface area contributed by atoms with Crippen LogP contribution in [0, 0.1) is 0 Å². The van der Waals surface area contributed by atoms with E-state index >= 15 is 0 Å². The Kier molecular flexibility index (Phi) is 17.5. The van der Waals surface area contributed by atoms with E-state index in [2.05, 4.69) is 27.7 Å². The number of unbranched alkanes of at least 4 members (excludes halogenated alkanes) is 4. The molecule has 0 unspecified atom stereocenters. The molecule has 0 radical (unpaired) electrons. The van der Waals surface area contributed by atoms with Gasteiger partial charge in [-0.15, -0.1) is 0 Å². The van der Waals surface area contributed by atoms with Crippen LogP contribution in [0.5, 0.6) is 23.0 Å². The van der Waals surface area contributed by atoms with Crippen molar-refractivity contribution < 1.29 is 23.7 Å². The number of carbonyl (C=O) groups is 1.